The molecule has 0 spiro atoms. The summed E-state index contributed by atoms with van der Waals surface area (Å²) >= 11 is 0. The van der Waals surface area contributed by atoms with Crippen LogP contribution >= 0.6 is 0 Å². The molecule has 4 N–H and O–H groups in total. The molecule has 2 aliphatic heterocycles. The number of ether oxygens (including phenoxy) is 3. The quantitative estimate of drug-likeness (QED) is 0.0534. The van der Waals surface area contributed by atoms with E-state index in [0.717, 1.165) is 37.0 Å². The lowest BCUT2D eigenvalue weighted by Crippen LogP contribution is -2.54. The van der Waals surface area contributed by atoms with Gasteiger partial charge in [-0.05, 0) is 74.2 Å². The lowest BCUT2D eigenvalue weighted by Gasteiger charge is -2.27. The van der Waals surface area contributed by atoms with Crippen LogP contribution in [-0.2, 0) is 38.5 Å². The van der Waals surface area contributed by atoms with Crippen molar-refractivity contribution in [2.45, 2.75) is 75.6 Å². The Labute approximate surface area is 392 Å². The molecular weight excluding hydrogens is 899 g/mol. The van der Waals surface area contributed by atoms with Crippen LogP contribution in [-0.4, -0.2) is 90.2 Å². The topological polar surface area (TPSA) is 243 Å². The molecular formula is C48H53N7O12S. The van der Waals surface area contributed by atoms with Gasteiger partial charge in [-0.1, -0.05) is 50.8 Å². The highest BCUT2D eigenvalue weighted by molar-refractivity contribution is 7.92. The largest absolute Gasteiger partial charge is 0.493 e. The van der Waals surface area contributed by atoms with E-state index in [2.05, 4.69) is 20.7 Å². The van der Waals surface area contributed by atoms with Crippen LogP contribution in [0.25, 0.3) is 11.0 Å². The number of benzene rings is 4. The van der Waals surface area contributed by atoms with Crippen LogP contribution in [0.4, 0.5) is 5.69 Å². The summed E-state index contributed by atoms with van der Waals surface area (Å²) in [4.78, 5) is 89.4. The van der Waals surface area contributed by atoms with Gasteiger partial charge in [0, 0.05) is 51.3 Å². The van der Waals surface area contributed by atoms with E-state index < -0.39 is 58.1 Å². The van der Waals surface area contributed by atoms with Gasteiger partial charge in [0.1, 0.15) is 23.3 Å². The van der Waals surface area contributed by atoms with Crippen LogP contribution in [0.5, 0.6) is 23.0 Å². The fourth-order valence-electron chi connectivity index (χ4n) is 7.96. The summed E-state index contributed by atoms with van der Waals surface area (Å²) in [6.07, 6.45) is 5.69. The number of carbonyl (C=O) groups is 6. The van der Waals surface area contributed by atoms with Crippen molar-refractivity contribution < 1.29 is 51.4 Å². The Hall–Kier alpha value is -7.48. The average Bonchev–Trinajstić information content (AvgIpc) is 3.70. The number of imide groups is 2. The van der Waals surface area contributed by atoms with E-state index in [1.165, 1.54) is 57.7 Å². The van der Waals surface area contributed by atoms with E-state index >= 15 is 0 Å². The van der Waals surface area contributed by atoms with Crippen molar-refractivity contribution in [1.82, 2.24) is 30.0 Å². The SMILES string of the molecule is CCCOc1cccc(Oc2cc3c(cc2NS(=O)(=O)c2cccc(C(=O)NCCCCCCCCNC(=O)COc4cccc5c4C(=O)N(C4CCC(=O)NC4=O)C5=O)c2)n(C)c(=O)n3C)c1. The molecule has 1 fully saturated rings. The summed E-state index contributed by atoms with van der Waals surface area (Å²) in [5.74, 6) is -2.26. The van der Waals surface area contributed by atoms with Gasteiger partial charge in [-0.2, -0.15) is 0 Å². The van der Waals surface area contributed by atoms with Crippen molar-refractivity contribution in [2.75, 3.05) is 31.0 Å². The number of hydrogen-bond acceptors (Lipinski definition) is 12. The van der Waals surface area contributed by atoms with Crippen LogP contribution in [0, 0.1) is 0 Å². The van der Waals surface area contributed by atoms with Crippen LogP contribution < -0.4 is 40.6 Å². The molecule has 358 valence electrons. The minimum absolute atomic E-state index is 0.00293. The number of unbranched alkanes of at least 4 members (excludes halogenated alkanes) is 5. The molecule has 1 atom stereocenters. The van der Waals surface area contributed by atoms with Crippen molar-refractivity contribution in [3.63, 3.8) is 0 Å². The number of amides is 6. The Morgan fingerprint density at radius 1 is 0.750 bits per heavy atom. The third-order valence-electron chi connectivity index (χ3n) is 11.5. The average molecular weight is 952 g/mol. The number of fused-ring (bicyclic) bond motifs is 2. The third kappa shape index (κ3) is 11.0. The number of anilines is 1. The number of hydrogen-bond donors (Lipinski definition) is 4. The summed E-state index contributed by atoms with van der Waals surface area (Å²) in [7, 11) is -1.06. The summed E-state index contributed by atoms with van der Waals surface area (Å²) < 4.78 is 50.7. The number of aromatic nitrogens is 2. The highest BCUT2D eigenvalue weighted by Crippen LogP contribution is 2.37. The fraction of sp³-hybridized carbons (Fsp3) is 0.354. The molecule has 0 bridgehead atoms. The molecule has 5 aromatic rings. The monoisotopic (exact) mass is 951 g/mol. The predicted octanol–water partition coefficient (Wildman–Crippen LogP) is 4.93. The van der Waals surface area contributed by atoms with Crippen molar-refractivity contribution in [3.05, 3.63) is 106 Å². The minimum atomic E-state index is -4.26. The van der Waals surface area contributed by atoms with E-state index in [-0.39, 0.29) is 57.3 Å². The lowest BCUT2D eigenvalue weighted by molar-refractivity contribution is -0.136. The highest BCUT2D eigenvalue weighted by atomic mass is 32.2. The van der Waals surface area contributed by atoms with Crippen LogP contribution in [0.1, 0.15) is 95.8 Å². The number of sulfonamides is 1. The molecule has 0 saturated carbocycles. The molecule has 6 amide bonds. The molecule has 1 aromatic heterocycles. The molecule has 3 heterocycles. The van der Waals surface area contributed by atoms with E-state index in [1.54, 1.807) is 44.4 Å². The predicted molar refractivity (Wildman–Crippen MR) is 249 cm³/mol. The second kappa shape index (κ2) is 21.4. The summed E-state index contributed by atoms with van der Waals surface area (Å²) in [6, 6.07) is 19.1. The van der Waals surface area contributed by atoms with Gasteiger partial charge < -0.3 is 24.8 Å². The second-order valence-electron chi connectivity index (χ2n) is 16.4. The van der Waals surface area contributed by atoms with Gasteiger partial charge in [-0.25, -0.2) is 13.2 Å². The fourth-order valence-corrected chi connectivity index (χ4v) is 9.07. The van der Waals surface area contributed by atoms with Gasteiger partial charge in [0.05, 0.1) is 39.4 Å². The van der Waals surface area contributed by atoms with Gasteiger partial charge in [0.2, 0.25) is 11.8 Å². The van der Waals surface area contributed by atoms with Crippen LogP contribution in [0.3, 0.4) is 0 Å². The lowest BCUT2D eigenvalue weighted by atomic mass is 10.0. The Kier molecular flexibility index (Phi) is 15.3. The minimum Gasteiger partial charge on any atom is -0.493 e. The first-order chi connectivity index (χ1) is 32.7. The van der Waals surface area contributed by atoms with E-state index in [0.29, 0.717) is 55.1 Å². The summed E-state index contributed by atoms with van der Waals surface area (Å²) in [5.41, 5.74) is 0.963. The molecule has 68 heavy (non-hydrogen) atoms. The van der Waals surface area contributed by atoms with E-state index in [4.69, 9.17) is 14.2 Å². The molecule has 0 aliphatic carbocycles. The van der Waals surface area contributed by atoms with Crippen molar-refractivity contribution in [2.24, 2.45) is 14.1 Å². The Morgan fingerprint density at radius 3 is 2.16 bits per heavy atom. The molecule has 19 nitrogen and oxygen atoms in total. The number of piperidine rings is 1. The van der Waals surface area contributed by atoms with Crippen molar-refractivity contribution >= 4 is 62.2 Å². The number of imidazole rings is 1. The maximum absolute atomic E-state index is 13.9. The molecule has 20 heteroatoms. The smallest absolute Gasteiger partial charge is 0.328 e. The maximum atomic E-state index is 13.9. The first-order valence-corrected chi connectivity index (χ1v) is 23.9. The number of rotatable bonds is 22. The van der Waals surface area contributed by atoms with Crippen molar-refractivity contribution in [1.29, 1.82) is 0 Å². The van der Waals surface area contributed by atoms with Crippen molar-refractivity contribution in [3.8, 4) is 23.0 Å². The third-order valence-corrected chi connectivity index (χ3v) is 12.9. The van der Waals surface area contributed by atoms with Gasteiger partial charge in [0.25, 0.3) is 33.7 Å². The number of carbonyl (C=O) groups excluding carboxylic acids is 6. The van der Waals surface area contributed by atoms with Crippen LogP contribution in [0.2, 0.25) is 0 Å². The maximum Gasteiger partial charge on any atom is 0.328 e. The Morgan fingerprint density at radius 2 is 1.43 bits per heavy atom. The summed E-state index contributed by atoms with van der Waals surface area (Å²) in [5, 5.41) is 7.80. The normalized spacial score (nSPS) is 14.7. The molecule has 0 radical (unpaired) electrons. The second-order valence-corrected chi connectivity index (χ2v) is 18.1. The van der Waals surface area contributed by atoms with Gasteiger partial charge in [-0.15, -0.1) is 0 Å². The molecule has 4 aromatic carbocycles. The standard InChI is InChI=1S/C48H53N7O12S/c1-4-24-65-31-15-12-16-32(26-31)67-40-28-38-37(53(2)48(62)54(38)3)27-35(40)52-68(63,64)33-17-11-14-30(25-33)44(58)50-23-10-8-6-5-7-9-22-49-42(57)29-66-39-19-13-18-34-43(39)47(61)55(46(34)60)36-20-21-41(56)51-45(36)59/h11-19,25-28,36,52H,4-10,20-24,29H2,1-3H3,(H,49,57)(H,50,58)(H,51,56,59). The number of nitrogens with one attached hydrogen (secondary N) is 4. The molecule has 1 saturated heterocycles. The molecule has 2 aliphatic rings. The Bertz CT molecular complexity index is 2950. The highest BCUT2D eigenvalue weighted by Gasteiger charge is 2.46. The zero-order valence-corrected chi connectivity index (χ0v) is 38.7. The van der Waals surface area contributed by atoms with Gasteiger partial charge in [0.15, 0.2) is 12.4 Å². The number of aryl methyl sites for hydroxylation is 2. The Balaban J connectivity index is 0.831. The zero-order chi connectivity index (χ0) is 48.5. The van der Waals surface area contributed by atoms with E-state index in [9.17, 15) is 42.0 Å². The van der Waals surface area contributed by atoms with Gasteiger partial charge in [-0.3, -0.25) is 52.8 Å². The molecule has 1 unspecified atom stereocenters. The summed E-state index contributed by atoms with van der Waals surface area (Å²) in [6.45, 7) is 2.89. The first kappa shape index (κ1) is 48.5. The zero-order valence-electron chi connectivity index (χ0n) is 37.9. The first-order valence-electron chi connectivity index (χ1n) is 22.4. The number of nitrogens with zero attached hydrogens (tertiary/aromatic N) is 3. The van der Waals surface area contributed by atoms with Crippen LogP contribution in [0.15, 0.2) is 88.6 Å². The van der Waals surface area contributed by atoms with Gasteiger partial charge >= 0.3 is 5.69 Å². The van der Waals surface area contributed by atoms with E-state index in [1.807, 2.05) is 6.92 Å². The molecule has 7 rings (SSSR count).